The molecule has 1 atom stereocenters. The molecule has 6 heteroatoms. The topological polar surface area (TPSA) is 53.6 Å². The zero-order chi connectivity index (χ0) is 14.5. The first-order valence-corrected chi connectivity index (χ1v) is 8.54. The molecule has 0 radical (unpaired) electrons. The van der Waals surface area contributed by atoms with E-state index in [2.05, 4.69) is 27.0 Å². The normalized spacial score (nSPS) is 22.8. The first-order chi connectivity index (χ1) is 10.3. The van der Waals surface area contributed by atoms with Crippen molar-refractivity contribution < 1.29 is 9.53 Å². The molecule has 0 saturated carbocycles. The molecular formula is C15H23N3O2S. The van der Waals surface area contributed by atoms with Gasteiger partial charge >= 0.3 is 0 Å². The highest BCUT2D eigenvalue weighted by atomic mass is 32.1. The van der Waals surface area contributed by atoms with E-state index in [-0.39, 0.29) is 11.9 Å². The highest BCUT2D eigenvalue weighted by Gasteiger charge is 2.18. The van der Waals surface area contributed by atoms with Gasteiger partial charge in [-0.15, -0.1) is 11.3 Å². The molecule has 1 saturated heterocycles. The first-order valence-electron chi connectivity index (χ1n) is 7.66. The Kier molecular flexibility index (Phi) is 5.24. The maximum Gasteiger partial charge on any atom is 0.221 e. The second-order valence-electron chi connectivity index (χ2n) is 5.68. The number of morpholine rings is 1. The standard InChI is InChI=1S/C15H23N3O2S/c19-15(9-13-11-20-7-4-16-13)17-3-6-18-5-1-14-12(10-18)2-8-21-14/h2,8,13,16H,1,3-7,9-11H2,(H,17,19). The van der Waals surface area contributed by atoms with Gasteiger partial charge in [0, 0.05) is 50.1 Å². The molecule has 0 aromatic carbocycles. The number of hydrogen-bond acceptors (Lipinski definition) is 5. The number of nitrogens with one attached hydrogen (secondary N) is 2. The molecule has 1 fully saturated rings. The van der Waals surface area contributed by atoms with Crippen molar-refractivity contribution in [3.8, 4) is 0 Å². The molecule has 2 N–H and O–H groups in total. The van der Waals surface area contributed by atoms with E-state index in [9.17, 15) is 4.79 Å². The number of hydrogen-bond donors (Lipinski definition) is 2. The molecule has 1 unspecified atom stereocenters. The molecule has 2 aliphatic heterocycles. The van der Waals surface area contributed by atoms with E-state index in [1.807, 2.05) is 11.3 Å². The summed E-state index contributed by atoms with van der Waals surface area (Å²) < 4.78 is 5.36. The fraction of sp³-hybridized carbons (Fsp3) is 0.667. The molecular weight excluding hydrogens is 286 g/mol. The Labute approximate surface area is 129 Å². The molecule has 3 heterocycles. The third-order valence-corrected chi connectivity index (χ3v) is 5.09. The van der Waals surface area contributed by atoms with E-state index in [1.54, 1.807) is 0 Å². The molecule has 5 nitrogen and oxygen atoms in total. The van der Waals surface area contributed by atoms with Crippen LogP contribution in [0.4, 0.5) is 0 Å². The molecule has 2 aliphatic rings. The summed E-state index contributed by atoms with van der Waals surface area (Å²) in [5.74, 6) is 0.117. The lowest BCUT2D eigenvalue weighted by molar-refractivity contribution is -0.122. The number of amides is 1. The van der Waals surface area contributed by atoms with Gasteiger partial charge in [0.25, 0.3) is 0 Å². The Bertz CT molecular complexity index is 471. The SMILES string of the molecule is O=C(CC1COCCN1)NCCN1CCc2sccc2C1. The van der Waals surface area contributed by atoms with E-state index >= 15 is 0 Å². The van der Waals surface area contributed by atoms with Gasteiger partial charge in [0.2, 0.25) is 5.91 Å². The highest BCUT2D eigenvalue weighted by molar-refractivity contribution is 7.10. The minimum absolute atomic E-state index is 0.117. The fourth-order valence-corrected chi connectivity index (χ4v) is 3.79. The van der Waals surface area contributed by atoms with Crippen molar-refractivity contribution >= 4 is 17.2 Å². The smallest absolute Gasteiger partial charge is 0.221 e. The van der Waals surface area contributed by atoms with E-state index in [4.69, 9.17) is 4.74 Å². The van der Waals surface area contributed by atoms with Crippen molar-refractivity contribution in [2.24, 2.45) is 0 Å². The molecule has 1 aromatic rings. The maximum absolute atomic E-state index is 11.9. The third kappa shape index (κ3) is 4.26. The van der Waals surface area contributed by atoms with Gasteiger partial charge in [-0.25, -0.2) is 0 Å². The summed E-state index contributed by atoms with van der Waals surface area (Å²) in [5.41, 5.74) is 1.46. The average molecular weight is 309 g/mol. The number of nitrogens with zero attached hydrogens (tertiary/aromatic N) is 1. The third-order valence-electron chi connectivity index (χ3n) is 4.07. The monoisotopic (exact) mass is 309 g/mol. The first kappa shape index (κ1) is 15.0. The van der Waals surface area contributed by atoms with Gasteiger partial charge in [0.1, 0.15) is 0 Å². The van der Waals surface area contributed by atoms with E-state index < -0.39 is 0 Å². The molecule has 0 bridgehead atoms. The van der Waals surface area contributed by atoms with Crippen LogP contribution in [0, 0.1) is 0 Å². The summed E-state index contributed by atoms with van der Waals surface area (Å²) in [6.07, 6.45) is 1.65. The lowest BCUT2D eigenvalue weighted by atomic mass is 10.1. The number of rotatable bonds is 5. The minimum Gasteiger partial charge on any atom is -0.378 e. The van der Waals surface area contributed by atoms with Gasteiger partial charge in [0.15, 0.2) is 0 Å². The number of thiophene rings is 1. The largest absolute Gasteiger partial charge is 0.378 e. The molecule has 3 rings (SSSR count). The Balaban J connectivity index is 1.33. The summed E-state index contributed by atoms with van der Waals surface area (Å²) in [6, 6.07) is 2.39. The van der Waals surface area contributed by atoms with Crippen molar-refractivity contribution in [2.75, 3.05) is 39.4 Å². The second kappa shape index (κ2) is 7.35. The van der Waals surface area contributed by atoms with Crippen molar-refractivity contribution in [3.63, 3.8) is 0 Å². The summed E-state index contributed by atoms with van der Waals surface area (Å²) >= 11 is 1.86. The summed E-state index contributed by atoms with van der Waals surface area (Å²) in [6.45, 7) is 6.00. The van der Waals surface area contributed by atoms with Crippen LogP contribution >= 0.6 is 11.3 Å². The van der Waals surface area contributed by atoms with Crippen molar-refractivity contribution in [3.05, 3.63) is 21.9 Å². The van der Waals surface area contributed by atoms with Crippen LogP contribution in [-0.4, -0.2) is 56.2 Å². The highest BCUT2D eigenvalue weighted by Crippen LogP contribution is 2.23. The van der Waals surface area contributed by atoms with Crippen molar-refractivity contribution in [2.45, 2.75) is 25.4 Å². The van der Waals surface area contributed by atoms with E-state index in [1.165, 1.54) is 10.4 Å². The molecule has 116 valence electrons. The lowest BCUT2D eigenvalue weighted by Gasteiger charge is -2.27. The van der Waals surface area contributed by atoms with Gasteiger partial charge in [-0.1, -0.05) is 0 Å². The van der Waals surface area contributed by atoms with Crippen LogP contribution in [0.3, 0.4) is 0 Å². The van der Waals surface area contributed by atoms with Crippen molar-refractivity contribution in [1.82, 2.24) is 15.5 Å². The van der Waals surface area contributed by atoms with Gasteiger partial charge in [-0.3, -0.25) is 9.69 Å². The van der Waals surface area contributed by atoms with E-state index in [0.29, 0.717) is 13.0 Å². The van der Waals surface area contributed by atoms with Crippen molar-refractivity contribution in [1.29, 1.82) is 0 Å². The fourth-order valence-electron chi connectivity index (χ4n) is 2.90. The second-order valence-corrected chi connectivity index (χ2v) is 6.68. The summed E-state index contributed by atoms with van der Waals surface area (Å²) in [7, 11) is 0. The van der Waals surface area contributed by atoms with Crippen LogP contribution in [0.5, 0.6) is 0 Å². The molecule has 1 amide bonds. The maximum atomic E-state index is 11.9. The van der Waals surface area contributed by atoms with Crippen LogP contribution in [0.15, 0.2) is 11.4 Å². The average Bonchev–Trinajstić information content (AvgIpc) is 2.96. The number of carbonyl (C=O) groups excluding carboxylic acids is 1. The number of ether oxygens (including phenoxy) is 1. The zero-order valence-electron chi connectivity index (χ0n) is 12.3. The van der Waals surface area contributed by atoms with Crippen LogP contribution in [0.2, 0.25) is 0 Å². The van der Waals surface area contributed by atoms with E-state index in [0.717, 1.165) is 45.8 Å². The molecule has 21 heavy (non-hydrogen) atoms. The Morgan fingerprint density at radius 2 is 2.52 bits per heavy atom. The van der Waals surface area contributed by atoms with Crippen LogP contribution in [-0.2, 0) is 22.5 Å². The molecule has 0 aliphatic carbocycles. The summed E-state index contributed by atoms with van der Waals surface area (Å²) in [5, 5.41) is 8.50. The number of fused-ring (bicyclic) bond motifs is 1. The van der Waals surface area contributed by atoms with Crippen LogP contribution in [0.1, 0.15) is 16.9 Å². The van der Waals surface area contributed by atoms with Gasteiger partial charge in [-0.05, 0) is 23.4 Å². The van der Waals surface area contributed by atoms with Gasteiger partial charge < -0.3 is 15.4 Å². The molecule has 0 spiro atoms. The summed E-state index contributed by atoms with van der Waals surface area (Å²) in [4.78, 5) is 15.8. The zero-order valence-corrected chi connectivity index (χ0v) is 13.1. The van der Waals surface area contributed by atoms with Gasteiger partial charge in [-0.2, -0.15) is 0 Å². The predicted molar refractivity (Wildman–Crippen MR) is 83.5 cm³/mol. The Morgan fingerprint density at radius 1 is 1.57 bits per heavy atom. The quantitative estimate of drug-likeness (QED) is 0.836. The Morgan fingerprint density at radius 3 is 3.38 bits per heavy atom. The lowest BCUT2D eigenvalue weighted by Crippen LogP contribution is -2.45. The Hall–Kier alpha value is -0.950. The number of carbonyl (C=O) groups is 1. The van der Waals surface area contributed by atoms with Gasteiger partial charge in [0.05, 0.1) is 13.2 Å². The van der Waals surface area contributed by atoms with Crippen LogP contribution in [0.25, 0.3) is 0 Å². The molecule has 1 aromatic heterocycles. The van der Waals surface area contributed by atoms with Crippen LogP contribution < -0.4 is 10.6 Å². The minimum atomic E-state index is 0.117. The predicted octanol–water partition coefficient (Wildman–Crippen LogP) is 0.601.